The second-order valence-electron chi connectivity index (χ2n) is 4.65. The monoisotopic (exact) mass is 252 g/mol. The van der Waals surface area contributed by atoms with Crippen molar-refractivity contribution >= 4 is 6.03 Å². The minimum Gasteiger partial charge on any atom is -0.396 e. The summed E-state index contributed by atoms with van der Waals surface area (Å²) in [6, 6.07) is -0.0600. The van der Waals surface area contributed by atoms with Crippen LogP contribution in [0.3, 0.4) is 0 Å². The highest BCUT2D eigenvalue weighted by atomic mass is 16.3. The Kier molecular flexibility index (Phi) is 4.19. The van der Waals surface area contributed by atoms with Gasteiger partial charge in [-0.05, 0) is 13.3 Å². The van der Waals surface area contributed by atoms with Crippen molar-refractivity contribution in [3.63, 3.8) is 0 Å². The van der Waals surface area contributed by atoms with Gasteiger partial charge in [-0.3, -0.25) is 4.68 Å². The predicted molar refractivity (Wildman–Crippen MR) is 66.9 cm³/mol. The molecule has 0 bridgehead atoms. The topological polar surface area (TPSA) is 70.4 Å². The Labute approximate surface area is 107 Å². The van der Waals surface area contributed by atoms with Gasteiger partial charge in [-0.15, -0.1) is 0 Å². The summed E-state index contributed by atoms with van der Waals surface area (Å²) >= 11 is 0. The summed E-state index contributed by atoms with van der Waals surface area (Å²) < 4.78 is 1.83. The Hall–Kier alpha value is -1.56. The van der Waals surface area contributed by atoms with E-state index in [1.807, 2.05) is 17.8 Å². The molecule has 2 N–H and O–H groups in total. The Morgan fingerprint density at radius 2 is 2.50 bits per heavy atom. The van der Waals surface area contributed by atoms with Crippen LogP contribution in [-0.2, 0) is 13.1 Å². The van der Waals surface area contributed by atoms with E-state index in [0.29, 0.717) is 13.1 Å². The Morgan fingerprint density at radius 3 is 3.11 bits per heavy atom. The molecule has 1 saturated heterocycles. The van der Waals surface area contributed by atoms with Crippen molar-refractivity contribution in [1.82, 2.24) is 20.0 Å². The maximum Gasteiger partial charge on any atom is 0.317 e. The maximum absolute atomic E-state index is 11.9. The molecule has 6 nitrogen and oxygen atoms in total. The van der Waals surface area contributed by atoms with E-state index in [0.717, 1.165) is 25.1 Å². The molecule has 1 atom stereocenters. The number of urea groups is 1. The van der Waals surface area contributed by atoms with E-state index in [-0.39, 0.29) is 18.6 Å². The number of likely N-dealkylation sites (tertiary alicyclic amines) is 1. The van der Waals surface area contributed by atoms with Gasteiger partial charge in [0, 0.05) is 50.5 Å². The van der Waals surface area contributed by atoms with Gasteiger partial charge in [0.1, 0.15) is 0 Å². The molecule has 18 heavy (non-hydrogen) atoms. The zero-order valence-corrected chi connectivity index (χ0v) is 10.7. The minimum absolute atomic E-state index is 0.0600. The first kappa shape index (κ1) is 12.9. The number of carbonyl (C=O) groups is 1. The van der Waals surface area contributed by atoms with Crippen LogP contribution in [0.25, 0.3) is 0 Å². The van der Waals surface area contributed by atoms with Crippen LogP contribution in [0.1, 0.15) is 18.9 Å². The molecule has 1 fully saturated rings. The largest absolute Gasteiger partial charge is 0.396 e. The average Bonchev–Trinajstić information content (AvgIpc) is 3.04. The lowest BCUT2D eigenvalue weighted by molar-refractivity contribution is 0.198. The molecule has 0 saturated carbocycles. The SMILES string of the molecule is CCn1cc(CNC(=O)N2CC[C@H](CO)C2)cn1. The fourth-order valence-electron chi connectivity index (χ4n) is 2.13. The van der Waals surface area contributed by atoms with Crippen LogP contribution in [0.15, 0.2) is 12.4 Å². The molecular weight excluding hydrogens is 232 g/mol. The van der Waals surface area contributed by atoms with E-state index in [1.54, 1.807) is 11.1 Å². The molecule has 0 spiro atoms. The summed E-state index contributed by atoms with van der Waals surface area (Å²) in [7, 11) is 0. The zero-order valence-electron chi connectivity index (χ0n) is 10.7. The van der Waals surface area contributed by atoms with Crippen molar-refractivity contribution in [2.24, 2.45) is 5.92 Å². The van der Waals surface area contributed by atoms with Crippen LogP contribution in [0, 0.1) is 5.92 Å². The van der Waals surface area contributed by atoms with Gasteiger partial charge < -0.3 is 15.3 Å². The van der Waals surface area contributed by atoms with Gasteiger partial charge in [0.05, 0.1) is 6.20 Å². The molecule has 1 aromatic heterocycles. The first-order chi connectivity index (χ1) is 8.72. The molecule has 0 unspecified atom stereocenters. The molecule has 1 aliphatic rings. The molecule has 2 heterocycles. The van der Waals surface area contributed by atoms with Crippen LogP contribution in [0.2, 0.25) is 0 Å². The smallest absolute Gasteiger partial charge is 0.317 e. The molecule has 0 radical (unpaired) electrons. The highest BCUT2D eigenvalue weighted by Gasteiger charge is 2.25. The van der Waals surface area contributed by atoms with E-state index in [2.05, 4.69) is 10.4 Å². The van der Waals surface area contributed by atoms with Crippen LogP contribution < -0.4 is 5.32 Å². The third kappa shape index (κ3) is 3.01. The number of nitrogens with one attached hydrogen (secondary N) is 1. The number of aryl methyl sites for hydroxylation is 1. The van der Waals surface area contributed by atoms with Crippen molar-refractivity contribution in [2.45, 2.75) is 26.4 Å². The molecule has 2 rings (SSSR count). The number of rotatable bonds is 4. The molecule has 0 aliphatic carbocycles. The lowest BCUT2D eigenvalue weighted by Crippen LogP contribution is -2.38. The number of carbonyl (C=O) groups excluding carboxylic acids is 1. The number of aliphatic hydroxyl groups excluding tert-OH is 1. The van der Waals surface area contributed by atoms with E-state index < -0.39 is 0 Å². The number of aliphatic hydroxyl groups is 1. The van der Waals surface area contributed by atoms with Crippen molar-refractivity contribution in [3.05, 3.63) is 18.0 Å². The Bertz CT molecular complexity index is 405. The van der Waals surface area contributed by atoms with Crippen LogP contribution in [0.4, 0.5) is 4.79 Å². The Morgan fingerprint density at radius 1 is 1.67 bits per heavy atom. The molecule has 1 aliphatic heterocycles. The summed E-state index contributed by atoms with van der Waals surface area (Å²) in [5.74, 6) is 0.235. The lowest BCUT2D eigenvalue weighted by Gasteiger charge is -2.16. The second-order valence-corrected chi connectivity index (χ2v) is 4.65. The van der Waals surface area contributed by atoms with E-state index in [9.17, 15) is 4.79 Å². The number of amides is 2. The molecule has 100 valence electrons. The van der Waals surface area contributed by atoms with Crippen LogP contribution >= 0.6 is 0 Å². The second kappa shape index (κ2) is 5.86. The van der Waals surface area contributed by atoms with Gasteiger partial charge in [0.25, 0.3) is 0 Å². The van der Waals surface area contributed by atoms with Gasteiger partial charge >= 0.3 is 6.03 Å². The first-order valence-corrected chi connectivity index (χ1v) is 6.38. The van der Waals surface area contributed by atoms with Gasteiger partial charge in [0.2, 0.25) is 0 Å². The van der Waals surface area contributed by atoms with Gasteiger partial charge in [-0.2, -0.15) is 5.10 Å². The number of hydrogen-bond acceptors (Lipinski definition) is 3. The fourth-order valence-corrected chi connectivity index (χ4v) is 2.13. The summed E-state index contributed by atoms with van der Waals surface area (Å²) in [6.45, 7) is 4.89. The highest BCUT2D eigenvalue weighted by molar-refractivity contribution is 5.74. The summed E-state index contributed by atoms with van der Waals surface area (Å²) in [4.78, 5) is 13.6. The predicted octanol–water partition coefficient (Wildman–Crippen LogP) is 0.427. The van der Waals surface area contributed by atoms with E-state index in [4.69, 9.17) is 5.11 Å². The standard InChI is InChI=1S/C12H20N4O2/c1-2-16-8-11(6-14-16)5-13-12(18)15-4-3-10(7-15)9-17/h6,8,10,17H,2-5,7,9H2,1H3,(H,13,18)/t10-/m0/s1. The van der Waals surface area contributed by atoms with Crippen LogP contribution in [0.5, 0.6) is 0 Å². The minimum atomic E-state index is -0.0600. The van der Waals surface area contributed by atoms with Crippen molar-refractivity contribution in [1.29, 1.82) is 0 Å². The summed E-state index contributed by atoms with van der Waals surface area (Å²) in [5.41, 5.74) is 1.00. The average molecular weight is 252 g/mol. The maximum atomic E-state index is 11.9. The molecule has 0 aromatic carbocycles. The van der Waals surface area contributed by atoms with Gasteiger partial charge in [-0.1, -0.05) is 0 Å². The van der Waals surface area contributed by atoms with Crippen molar-refractivity contribution < 1.29 is 9.90 Å². The molecular formula is C12H20N4O2. The molecule has 6 heteroatoms. The van der Waals surface area contributed by atoms with Crippen LogP contribution in [-0.4, -0.2) is 45.5 Å². The quantitative estimate of drug-likeness (QED) is 0.816. The first-order valence-electron chi connectivity index (χ1n) is 6.38. The van der Waals surface area contributed by atoms with E-state index in [1.165, 1.54) is 0 Å². The summed E-state index contributed by atoms with van der Waals surface area (Å²) in [6.07, 6.45) is 4.59. The number of nitrogens with zero attached hydrogens (tertiary/aromatic N) is 3. The third-order valence-corrected chi connectivity index (χ3v) is 3.29. The third-order valence-electron chi connectivity index (χ3n) is 3.29. The van der Waals surface area contributed by atoms with Crippen molar-refractivity contribution in [3.8, 4) is 0 Å². The van der Waals surface area contributed by atoms with Crippen molar-refractivity contribution in [2.75, 3.05) is 19.7 Å². The molecule has 2 amide bonds. The number of aromatic nitrogens is 2. The normalized spacial score (nSPS) is 19.2. The van der Waals surface area contributed by atoms with E-state index >= 15 is 0 Å². The van der Waals surface area contributed by atoms with Gasteiger partial charge in [0.15, 0.2) is 0 Å². The highest BCUT2D eigenvalue weighted by Crippen LogP contribution is 2.15. The lowest BCUT2D eigenvalue weighted by atomic mass is 10.1. The zero-order chi connectivity index (χ0) is 13.0. The summed E-state index contributed by atoms with van der Waals surface area (Å²) in [5, 5.41) is 16.1. The fraction of sp³-hybridized carbons (Fsp3) is 0.667. The van der Waals surface area contributed by atoms with Gasteiger partial charge in [-0.25, -0.2) is 4.79 Å². The molecule has 1 aromatic rings. The Balaban J connectivity index is 1.78. The number of hydrogen-bond donors (Lipinski definition) is 2.